The van der Waals surface area contributed by atoms with Crippen LogP contribution in [-0.4, -0.2) is 16.9 Å². The molecule has 0 bridgehead atoms. The van der Waals surface area contributed by atoms with E-state index in [-0.39, 0.29) is 6.04 Å². The minimum Gasteiger partial charge on any atom is -0.600 e. The zero-order valence-electron chi connectivity index (χ0n) is 9.53. The highest BCUT2D eigenvalue weighted by Gasteiger charge is 2.23. The van der Waals surface area contributed by atoms with Crippen molar-refractivity contribution in [2.45, 2.75) is 76.3 Å². The number of hydroxylamine groups is 1. The van der Waals surface area contributed by atoms with Gasteiger partial charge in [-0.25, -0.2) is 0 Å². The van der Waals surface area contributed by atoms with Crippen molar-refractivity contribution < 1.29 is 4.86 Å². The SMILES string of the molecule is [O-][N+](=NC1CCCCC1)C1CCCCC1. The molecule has 0 radical (unpaired) electrons. The molecule has 0 N–H and O–H groups in total. The van der Waals surface area contributed by atoms with Crippen LogP contribution in [0.5, 0.6) is 0 Å². The number of hydrogen-bond acceptors (Lipinski definition) is 2. The molecule has 2 fully saturated rings. The standard InChI is InChI=1S/C12H22N2O/c15-14(12-9-5-2-6-10-12)13-11-7-3-1-4-8-11/h11-12H,1-10H2. The van der Waals surface area contributed by atoms with Crippen molar-refractivity contribution in [2.75, 3.05) is 0 Å². The van der Waals surface area contributed by atoms with Gasteiger partial charge in [-0.15, -0.1) is 0 Å². The summed E-state index contributed by atoms with van der Waals surface area (Å²) in [6, 6.07) is 0.527. The zero-order chi connectivity index (χ0) is 10.5. The Labute approximate surface area is 92.1 Å². The molecule has 2 rings (SSSR count). The van der Waals surface area contributed by atoms with Gasteiger partial charge in [-0.3, -0.25) is 0 Å². The van der Waals surface area contributed by atoms with E-state index in [1.54, 1.807) is 0 Å². The normalized spacial score (nSPS) is 26.8. The maximum Gasteiger partial charge on any atom is 0.189 e. The first kappa shape index (κ1) is 10.9. The molecule has 0 aromatic rings. The summed E-state index contributed by atoms with van der Waals surface area (Å²) in [5.41, 5.74) is 0. The first-order valence-corrected chi connectivity index (χ1v) is 6.53. The third-order valence-corrected chi connectivity index (χ3v) is 3.74. The Balaban J connectivity index is 1.86. The topological polar surface area (TPSA) is 38.4 Å². The van der Waals surface area contributed by atoms with E-state index in [0.717, 1.165) is 30.5 Å². The molecule has 3 heteroatoms. The van der Waals surface area contributed by atoms with Crippen LogP contribution in [0.2, 0.25) is 0 Å². The third-order valence-electron chi connectivity index (χ3n) is 3.74. The Morgan fingerprint density at radius 1 is 0.800 bits per heavy atom. The van der Waals surface area contributed by atoms with Crippen molar-refractivity contribution >= 4 is 0 Å². The Morgan fingerprint density at radius 3 is 1.93 bits per heavy atom. The molecule has 0 saturated heterocycles. The fourth-order valence-corrected chi connectivity index (χ4v) is 2.75. The van der Waals surface area contributed by atoms with Crippen molar-refractivity contribution in [1.82, 2.24) is 0 Å². The molecule has 0 aromatic heterocycles. The van der Waals surface area contributed by atoms with Gasteiger partial charge in [-0.05, 0) is 30.8 Å². The number of azo groups is 1. The average molecular weight is 210 g/mol. The van der Waals surface area contributed by atoms with Crippen molar-refractivity contribution in [3.05, 3.63) is 5.21 Å². The first-order chi connectivity index (χ1) is 7.36. The average Bonchev–Trinajstić information content (AvgIpc) is 2.31. The van der Waals surface area contributed by atoms with E-state index < -0.39 is 0 Å². The van der Waals surface area contributed by atoms with Gasteiger partial charge >= 0.3 is 0 Å². The van der Waals surface area contributed by atoms with Crippen LogP contribution >= 0.6 is 0 Å². The first-order valence-electron chi connectivity index (χ1n) is 6.53. The monoisotopic (exact) mass is 210 g/mol. The quantitative estimate of drug-likeness (QED) is 0.390. The number of nitrogens with zero attached hydrogens (tertiary/aromatic N) is 2. The summed E-state index contributed by atoms with van der Waals surface area (Å²) >= 11 is 0. The second kappa shape index (κ2) is 5.47. The van der Waals surface area contributed by atoms with Gasteiger partial charge < -0.3 is 5.21 Å². The molecule has 0 aromatic carbocycles. The smallest absolute Gasteiger partial charge is 0.189 e. The minimum atomic E-state index is 0.195. The molecule has 0 spiro atoms. The number of rotatable bonds is 2. The maximum absolute atomic E-state index is 11.8. The van der Waals surface area contributed by atoms with E-state index in [4.69, 9.17) is 0 Å². The van der Waals surface area contributed by atoms with Gasteiger partial charge in [0.2, 0.25) is 0 Å². The molecule has 0 atom stereocenters. The van der Waals surface area contributed by atoms with E-state index in [1.165, 1.54) is 38.5 Å². The Hall–Kier alpha value is -0.600. The molecular weight excluding hydrogens is 188 g/mol. The van der Waals surface area contributed by atoms with Crippen molar-refractivity contribution in [3.63, 3.8) is 0 Å². The molecular formula is C12H22N2O. The molecule has 15 heavy (non-hydrogen) atoms. The summed E-state index contributed by atoms with van der Waals surface area (Å²) in [5, 5.41) is 16.2. The highest BCUT2D eigenvalue weighted by molar-refractivity contribution is 4.69. The summed E-state index contributed by atoms with van der Waals surface area (Å²) in [5.74, 6) is 0. The Kier molecular flexibility index (Phi) is 3.98. The van der Waals surface area contributed by atoms with Crippen molar-refractivity contribution in [2.24, 2.45) is 5.11 Å². The maximum atomic E-state index is 11.8. The Bertz CT molecular complexity index is 216. The lowest BCUT2D eigenvalue weighted by atomic mass is 9.95. The van der Waals surface area contributed by atoms with Crippen LogP contribution in [0.4, 0.5) is 0 Å². The fourth-order valence-electron chi connectivity index (χ4n) is 2.75. The lowest BCUT2D eigenvalue weighted by Gasteiger charge is -2.21. The molecule has 86 valence electrons. The summed E-state index contributed by atoms with van der Waals surface area (Å²) in [7, 11) is 0. The lowest BCUT2D eigenvalue weighted by molar-refractivity contribution is -0.575. The van der Waals surface area contributed by atoms with Crippen LogP contribution < -0.4 is 0 Å². The zero-order valence-corrected chi connectivity index (χ0v) is 9.53. The van der Waals surface area contributed by atoms with Gasteiger partial charge in [0.25, 0.3) is 0 Å². The Morgan fingerprint density at radius 2 is 1.33 bits per heavy atom. The van der Waals surface area contributed by atoms with Gasteiger partial charge in [-0.2, -0.15) is 0 Å². The summed E-state index contributed by atoms with van der Waals surface area (Å²) in [4.78, 5) is 1.05. The van der Waals surface area contributed by atoms with Crippen LogP contribution in [-0.2, 0) is 0 Å². The van der Waals surface area contributed by atoms with Crippen LogP contribution in [0, 0.1) is 5.21 Å². The second-order valence-corrected chi connectivity index (χ2v) is 5.00. The van der Waals surface area contributed by atoms with Crippen LogP contribution in [0.15, 0.2) is 5.11 Å². The van der Waals surface area contributed by atoms with Gasteiger partial charge in [0.05, 0.1) is 0 Å². The second-order valence-electron chi connectivity index (χ2n) is 5.00. The molecule has 0 aliphatic heterocycles. The van der Waals surface area contributed by atoms with Gasteiger partial charge in [0, 0.05) is 12.8 Å². The molecule has 0 amide bonds. The molecule has 2 aliphatic rings. The van der Waals surface area contributed by atoms with Crippen LogP contribution in [0.1, 0.15) is 64.2 Å². The number of hydrogen-bond donors (Lipinski definition) is 0. The highest BCUT2D eigenvalue weighted by Crippen LogP contribution is 2.23. The van der Waals surface area contributed by atoms with Gasteiger partial charge in [0.15, 0.2) is 6.04 Å². The predicted molar refractivity (Wildman–Crippen MR) is 59.8 cm³/mol. The predicted octanol–water partition coefficient (Wildman–Crippen LogP) is 3.61. The van der Waals surface area contributed by atoms with Crippen LogP contribution in [0.3, 0.4) is 0 Å². The van der Waals surface area contributed by atoms with E-state index >= 15 is 0 Å². The summed E-state index contributed by atoms with van der Waals surface area (Å²) in [6.45, 7) is 0. The molecule has 2 aliphatic carbocycles. The van der Waals surface area contributed by atoms with Crippen molar-refractivity contribution in [1.29, 1.82) is 0 Å². The molecule has 3 nitrogen and oxygen atoms in total. The van der Waals surface area contributed by atoms with E-state index in [1.807, 2.05) is 0 Å². The van der Waals surface area contributed by atoms with Crippen LogP contribution in [0.25, 0.3) is 0 Å². The highest BCUT2D eigenvalue weighted by atomic mass is 16.5. The largest absolute Gasteiger partial charge is 0.600 e. The van der Waals surface area contributed by atoms with E-state index in [0.29, 0.717) is 6.04 Å². The summed E-state index contributed by atoms with van der Waals surface area (Å²) < 4.78 is 0. The van der Waals surface area contributed by atoms with Crippen molar-refractivity contribution in [3.8, 4) is 0 Å². The van der Waals surface area contributed by atoms with Gasteiger partial charge in [0.1, 0.15) is 6.04 Å². The third kappa shape index (κ3) is 3.18. The van der Waals surface area contributed by atoms with Gasteiger partial charge in [-0.1, -0.05) is 30.5 Å². The molecule has 0 heterocycles. The fraction of sp³-hybridized carbons (Fsp3) is 1.00. The van der Waals surface area contributed by atoms with E-state index in [9.17, 15) is 5.21 Å². The van der Waals surface area contributed by atoms with E-state index in [2.05, 4.69) is 5.11 Å². The molecule has 2 saturated carbocycles. The minimum absolute atomic E-state index is 0.195. The summed E-state index contributed by atoms with van der Waals surface area (Å²) in [6.07, 6.45) is 11.9. The lowest BCUT2D eigenvalue weighted by Crippen LogP contribution is -2.25. The molecule has 0 unspecified atom stereocenters.